The van der Waals surface area contributed by atoms with E-state index in [-0.39, 0.29) is 16.7 Å². The molecule has 1 N–H and O–H groups in total. The van der Waals surface area contributed by atoms with E-state index >= 15 is 0 Å². The molecule has 1 unspecified atom stereocenters. The lowest BCUT2D eigenvalue weighted by Gasteiger charge is -2.22. The van der Waals surface area contributed by atoms with E-state index in [1.807, 2.05) is 19.1 Å². The van der Waals surface area contributed by atoms with Crippen molar-refractivity contribution < 1.29 is 9.53 Å². The van der Waals surface area contributed by atoms with Gasteiger partial charge in [0.1, 0.15) is 5.75 Å². The number of nitrogens with one attached hydrogen (secondary N) is 1. The molecule has 0 saturated carbocycles. The highest BCUT2D eigenvalue weighted by atomic mass is 35.5. The van der Waals surface area contributed by atoms with Crippen LogP contribution in [0.4, 0.5) is 0 Å². The molecule has 0 radical (unpaired) electrons. The van der Waals surface area contributed by atoms with Crippen molar-refractivity contribution in [2.75, 3.05) is 13.2 Å². The van der Waals surface area contributed by atoms with Crippen molar-refractivity contribution >= 4 is 17.5 Å². The summed E-state index contributed by atoms with van der Waals surface area (Å²) in [6.45, 7) is 9.29. The minimum atomic E-state index is -0.145. The van der Waals surface area contributed by atoms with Gasteiger partial charge in [-0.15, -0.1) is 11.6 Å². The highest BCUT2D eigenvalue weighted by molar-refractivity contribution is 6.21. The number of amides is 1. The number of carbonyl (C=O) groups is 1. The van der Waals surface area contributed by atoms with Crippen LogP contribution in [0, 0.1) is 5.41 Å². The fourth-order valence-corrected chi connectivity index (χ4v) is 2.51. The summed E-state index contributed by atoms with van der Waals surface area (Å²) in [5, 5.41) is 2.80. The topological polar surface area (TPSA) is 38.3 Å². The zero-order chi connectivity index (χ0) is 15.2. The fraction of sp³-hybridized carbons (Fsp3) is 0.562. The van der Waals surface area contributed by atoms with Crippen molar-refractivity contribution in [3.05, 3.63) is 29.8 Å². The van der Waals surface area contributed by atoms with Gasteiger partial charge in [0, 0.05) is 6.54 Å². The number of rotatable bonds is 6. The number of hydrogen-bond donors (Lipinski definition) is 1. The third-order valence-corrected chi connectivity index (χ3v) is 3.06. The Morgan fingerprint density at radius 2 is 2.00 bits per heavy atom. The molecule has 112 valence electrons. The number of para-hydroxylation sites is 1. The lowest BCUT2D eigenvalue weighted by Crippen LogP contribution is -2.31. The Morgan fingerprint density at radius 3 is 2.60 bits per heavy atom. The van der Waals surface area contributed by atoms with Crippen LogP contribution < -0.4 is 10.1 Å². The van der Waals surface area contributed by atoms with Gasteiger partial charge in [-0.3, -0.25) is 4.79 Å². The second kappa shape index (κ2) is 7.53. The quantitative estimate of drug-likeness (QED) is 0.810. The first-order valence-electron chi connectivity index (χ1n) is 6.97. The van der Waals surface area contributed by atoms with E-state index in [2.05, 4.69) is 26.1 Å². The largest absolute Gasteiger partial charge is 0.493 e. The SMILES string of the molecule is CCOc1ccccc1C(=O)NCC(Cl)CC(C)(C)C. The number of halogens is 1. The van der Waals surface area contributed by atoms with Crippen LogP contribution in [0.1, 0.15) is 44.5 Å². The molecular formula is C16H24ClNO2. The summed E-state index contributed by atoms with van der Waals surface area (Å²) in [7, 11) is 0. The molecule has 0 fully saturated rings. The van der Waals surface area contributed by atoms with Crippen molar-refractivity contribution in [3.63, 3.8) is 0 Å². The van der Waals surface area contributed by atoms with Crippen LogP contribution in [0.2, 0.25) is 0 Å². The highest BCUT2D eigenvalue weighted by Gasteiger charge is 2.18. The molecule has 20 heavy (non-hydrogen) atoms. The zero-order valence-electron chi connectivity index (χ0n) is 12.7. The minimum absolute atomic E-state index is 0.0711. The van der Waals surface area contributed by atoms with E-state index in [9.17, 15) is 4.79 Å². The van der Waals surface area contributed by atoms with Crippen molar-refractivity contribution in [1.82, 2.24) is 5.32 Å². The van der Waals surface area contributed by atoms with Gasteiger partial charge >= 0.3 is 0 Å². The van der Waals surface area contributed by atoms with Crippen LogP contribution in [0.3, 0.4) is 0 Å². The molecule has 0 aliphatic carbocycles. The second-order valence-corrected chi connectivity index (χ2v) is 6.62. The van der Waals surface area contributed by atoms with E-state index in [1.165, 1.54) is 0 Å². The van der Waals surface area contributed by atoms with E-state index in [1.54, 1.807) is 12.1 Å². The average Bonchev–Trinajstić information content (AvgIpc) is 2.35. The van der Waals surface area contributed by atoms with Gasteiger partial charge in [0.25, 0.3) is 5.91 Å². The van der Waals surface area contributed by atoms with Gasteiger partial charge in [0.2, 0.25) is 0 Å². The molecule has 0 aliphatic heterocycles. The summed E-state index contributed by atoms with van der Waals surface area (Å²) >= 11 is 6.25. The maximum Gasteiger partial charge on any atom is 0.255 e. The van der Waals surface area contributed by atoms with Crippen LogP contribution in [0.5, 0.6) is 5.75 Å². The lowest BCUT2D eigenvalue weighted by molar-refractivity contribution is 0.0948. The Bertz CT molecular complexity index is 440. The summed E-state index contributed by atoms with van der Waals surface area (Å²) in [5.74, 6) is 0.461. The molecule has 0 bridgehead atoms. The van der Waals surface area contributed by atoms with E-state index in [0.29, 0.717) is 24.5 Å². The average molecular weight is 298 g/mol. The van der Waals surface area contributed by atoms with Gasteiger partial charge in [-0.25, -0.2) is 0 Å². The van der Waals surface area contributed by atoms with Gasteiger partial charge in [-0.2, -0.15) is 0 Å². The van der Waals surface area contributed by atoms with Crippen molar-refractivity contribution in [1.29, 1.82) is 0 Å². The molecule has 0 heterocycles. The van der Waals surface area contributed by atoms with E-state index in [4.69, 9.17) is 16.3 Å². The summed E-state index contributed by atoms with van der Waals surface area (Å²) < 4.78 is 5.45. The van der Waals surface area contributed by atoms with Gasteiger partial charge in [-0.05, 0) is 30.9 Å². The van der Waals surface area contributed by atoms with Crippen molar-refractivity contribution in [2.45, 2.75) is 39.5 Å². The van der Waals surface area contributed by atoms with Gasteiger partial charge in [-0.1, -0.05) is 32.9 Å². The predicted octanol–water partition coefficient (Wildman–Crippen LogP) is 3.86. The highest BCUT2D eigenvalue weighted by Crippen LogP contribution is 2.23. The number of alkyl halides is 1. The number of carbonyl (C=O) groups excluding carboxylic acids is 1. The number of benzene rings is 1. The Hall–Kier alpha value is -1.22. The van der Waals surface area contributed by atoms with E-state index in [0.717, 1.165) is 6.42 Å². The van der Waals surface area contributed by atoms with E-state index < -0.39 is 0 Å². The summed E-state index contributed by atoms with van der Waals surface area (Å²) in [4.78, 5) is 12.2. The molecule has 1 aromatic rings. The monoisotopic (exact) mass is 297 g/mol. The molecule has 1 atom stereocenters. The molecule has 0 aliphatic rings. The van der Waals surface area contributed by atoms with Crippen LogP contribution in [-0.2, 0) is 0 Å². The first kappa shape index (κ1) is 16.8. The molecule has 1 aromatic carbocycles. The van der Waals surface area contributed by atoms with Crippen LogP contribution in [0.25, 0.3) is 0 Å². The maximum absolute atomic E-state index is 12.2. The van der Waals surface area contributed by atoms with Crippen molar-refractivity contribution in [2.24, 2.45) is 5.41 Å². The summed E-state index contributed by atoms with van der Waals surface area (Å²) in [6, 6.07) is 7.23. The Kier molecular flexibility index (Phi) is 6.34. The normalized spacial score (nSPS) is 12.8. The Labute approximate surface area is 126 Å². The maximum atomic E-state index is 12.2. The molecular weight excluding hydrogens is 274 g/mol. The third-order valence-electron chi connectivity index (χ3n) is 2.75. The number of hydrogen-bond acceptors (Lipinski definition) is 2. The zero-order valence-corrected chi connectivity index (χ0v) is 13.5. The lowest BCUT2D eigenvalue weighted by atomic mass is 9.90. The predicted molar refractivity (Wildman–Crippen MR) is 83.7 cm³/mol. The molecule has 4 heteroatoms. The molecule has 0 spiro atoms. The first-order valence-corrected chi connectivity index (χ1v) is 7.41. The van der Waals surface area contributed by atoms with Crippen molar-refractivity contribution in [3.8, 4) is 5.75 Å². The summed E-state index contributed by atoms with van der Waals surface area (Å²) in [5.41, 5.74) is 0.703. The smallest absolute Gasteiger partial charge is 0.255 e. The van der Waals surface area contributed by atoms with Gasteiger partial charge in [0.05, 0.1) is 17.5 Å². The standard InChI is InChI=1S/C16H24ClNO2/c1-5-20-14-9-7-6-8-13(14)15(19)18-11-12(17)10-16(2,3)4/h6-9,12H,5,10-11H2,1-4H3,(H,18,19). The second-order valence-electron chi connectivity index (χ2n) is 6.00. The van der Waals surface area contributed by atoms with Crippen LogP contribution in [-0.4, -0.2) is 24.4 Å². The molecule has 3 nitrogen and oxygen atoms in total. The molecule has 0 saturated heterocycles. The number of ether oxygens (including phenoxy) is 1. The summed E-state index contributed by atoms with van der Waals surface area (Å²) in [6.07, 6.45) is 0.849. The molecule has 1 rings (SSSR count). The molecule has 0 aromatic heterocycles. The van der Waals surface area contributed by atoms with Gasteiger partial charge in [0.15, 0.2) is 0 Å². The fourth-order valence-electron chi connectivity index (χ4n) is 1.97. The van der Waals surface area contributed by atoms with Gasteiger partial charge < -0.3 is 10.1 Å². The van der Waals surface area contributed by atoms with Crippen LogP contribution >= 0.6 is 11.6 Å². The Balaban J connectivity index is 2.59. The minimum Gasteiger partial charge on any atom is -0.493 e. The first-order chi connectivity index (χ1) is 9.33. The van der Waals surface area contributed by atoms with Crippen LogP contribution in [0.15, 0.2) is 24.3 Å². The molecule has 1 amide bonds. The third kappa shape index (κ3) is 5.83. The Morgan fingerprint density at radius 1 is 1.35 bits per heavy atom.